The summed E-state index contributed by atoms with van der Waals surface area (Å²) in [6, 6.07) is 2.00. The highest BCUT2D eigenvalue weighted by Crippen LogP contribution is 2.38. The van der Waals surface area contributed by atoms with Gasteiger partial charge in [0.15, 0.2) is 5.82 Å². The van der Waals surface area contributed by atoms with Crippen LogP contribution in [-0.2, 0) is 33.8 Å². The Morgan fingerprint density at radius 2 is 2.13 bits per heavy atom. The van der Waals surface area contributed by atoms with Crippen molar-refractivity contribution in [2.24, 2.45) is 5.92 Å². The second-order valence-electron chi connectivity index (χ2n) is 8.60. The summed E-state index contributed by atoms with van der Waals surface area (Å²) < 4.78 is 18.3. The second kappa shape index (κ2) is 8.85. The maximum absolute atomic E-state index is 12.7. The lowest BCUT2D eigenvalue weighted by Crippen LogP contribution is -2.51. The number of likely N-dealkylation sites (tertiary alicyclic amines) is 1. The van der Waals surface area contributed by atoms with Crippen LogP contribution < -0.4 is 0 Å². The van der Waals surface area contributed by atoms with Gasteiger partial charge < -0.3 is 18.9 Å². The molecule has 0 saturated carbocycles. The van der Waals surface area contributed by atoms with E-state index in [2.05, 4.69) is 15.2 Å². The Balaban J connectivity index is 1.30. The van der Waals surface area contributed by atoms with Gasteiger partial charge in [-0.2, -0.15) is 10.1 Å². The minimum atomic E-state index is -0.142. The van der Waals surface area contributed by atoms with Crippen LogP contribution in [0.5, 0.6) is 0 Å². The number of aromatic nitrogens is 4. The molecule has 0 aromatic carbocycles. The summed E-state index contributed by atoms with van der Waals surface area (Å²) in [4.78, 5) is 19.1. The Bertz CT molecular complexity index is 869. The van der Waals surface area contributed by atoms with Gasteiger partial charge >= 0.3 is 0 Å². The highest BCUT2D eigenvalue weighted by Gasteiger charge is 2.41. The Hall–Kier alpha value is -2.26. The van der Waals surface area contributed by atoms with Crippen LogP contribution in [0.3, 0.4) is 0 Å². The van der Waals surface area contributed by atoms with Crippen LogP contribution in [0.15, 0.2) is 10.6 Å². The molecule has 1 unspecified atom stereocenters. The van der Waals surface area contributed by atoms with Crippen molar-refractivity contribution in [3.63, 3.8) is 0 Å². The molecule has 30 heavy (non-hydrogen) atoms. The molecule has 1 amide bonds. The van der Waals surface area contributed by atoms with Crippen LogP contribution in [0, 0.1) is 19.8 Å². The van der Waals surface area contributed by atoms with Crippen LogP contribution in [0.25, 0.3) is 0 Å². The summed E-state index contributed by atoms with van der Waals surface area (Å²) >= 11 is 0. The number of amides is 1. The third-order valence-corrected chi connectivity index (χ3v) is 6.26. The van der Waals surface area contributed by atoms with Gasteiger partial charge in [0.25, 0.3) is 5.89 Å². The fraction of sp³-hybridized carbons (Fsp3) is 0.714. The van der Waals surface area contributed by atoms with Crippen LogP contribution in [-0.4, -0.2) is 63.1 Å². The van der Waals surface area contributed by atoms with E-state index in [1.807, 2.05) is 24.8 Å². The van der Waals surface area contributed by atoms with Gasteiger partial charge in [0.05, 0.1) is 11.3 Å². The quantitative estimate of drug-likeness (QED) is 0.710. The van der Waals surface area contributed by atoms with Crippen LogP contribution in [0.2, 0.25) is 0 Å². The minimum Gasteiger partial charge on any atom is -0.375 e. The molecule has 9 heteroatoms. The van der Waals surface area contributed by atoms with Crippen molar-refractivity contribution < 1.29 is 18.8 Å². The first kappa shape index (κ1) is 21.0. The van der Waals surface area contributed by atoms with Crippen molar-refractivity contribution in [1.82, 2.24) is 24.8 Å². The summed E-state index contributed by atoms with van der Waals surface area (Å²) in [5.74, 6) is 1.84. The van der Waals surface area contributed by atoms with E-state index in [1.165, 1.54) is 0 Å². The van der Waals surface area contributed by atoms with Crippen LogP contribution in [0.4, 0.5) is 0 Å². The first-order chi connectivity index (χ1) is 14.5. The average Bonchev–Trinajstić information content (AvgIpc) is 3.28. The van der Waals surface area contributed by atoms with Crippen molar-refractivity contribution in [2.45, 2.75) is 64.7 Å². The van der Waals surface area contributed by atoms with Crippen LogP contribution in [0.1, 0.15) is 48.8 Å². The van der Waals surface area contributed by atoms with E-state index in [4.69, 9.17) is 14.0 Å². The highest BCUT2D eigenvalue weighted by molar-refractivity contribution is 5.76. The number of carbonyl (C=O) groups is 1. The fourth-order valence-corrected chi connectivity index (χ4v) is 4.69. The summed E-state index contributed by atoms with van der Waals surface area (Å²) in [6.07, 6.45) is 4.50. The SMILES string of the molecule is COCc1nc(CC2CCOC3(CCN(C(=O)Cn4nc(C)cc4C)CC3)C2)no1. The lowest BCUT2D eigenvalue weighted by molar-refractivity contribution is -0.147. The van der Waals surface area contributed by atoms with Crippen molar-refractivity contribution in [3.8, 4) is 0 Å². The molecule has 2 aliphatic rings. The van der Waals surface area contributed by atoms with E-state index in [9.17, 15) is 4.79 Å². The predicted molar refractivity (Wildman–Crippen MR) is 108 cm³/mol. The van der Waals surface area contributed by atoms with E-state index in [0.29, 0.717) is 25.0 Å². The smallest absolute Gasteiger partial charge is 0.252 e. The zero-order chi connectivity index (χ0) is 21.1. The second-order valence-corrected chi connectivity index (χ2v) is 8.60. The standard InChI is InChI=1S/C21H31N5O4/c1-15-10-16(2)26(23-15)13-20(27)25-7-5-21(6-8-25)12-17(4-9-29-21)11-18-22-19(14-28-3)30-24-18/h10,17H,4-9,11-14H2,1-3H3. The first-order valence-electron chi connectivity index (χ1n) is 10.7. The van der Waals surface area contributed by atoms with Gasteiger partial charge in [-0.3, -0.25) is 9.48 Å². The molecule has 9 nitrogen and oxygen atoms in total. The number of methoxy groups -OCH3 is 1. The topological polar surface area (TPSA) is 95.5 Å². The maximum atomic E-state index is 12.7. The summed E-state index contributed by atoms with van der Waals surface area (Å²) in [7, 11) is 1.61. The predicted octanol–water partition coefficient (Wildman–Crippen LogP) is 2.06. The Kier molecular flexibility index (Phi) is 6.19. The molecule has 0 N–H and O–H groups in total. The van der Waals surface area contributed by atoms with Crippen molar-refractivity contribution in [1.29, 1.82) is 0 Å². The van der Waals surface area contributed by atoms with Gasteiger partial charge in [0, 0.05) is 38.9 Å². The van der Waals surface area contributed by atoms with Crippen molar-refractivity contribution >= 4 is 5.91 Å². The number of hydrogen-bond acceptors (Lipinski definition) is 7. The Morgan fingerprint density at radius 1 is 1.33 bits per heavy atom. The van der Waals surface area contributed by atoms with Crippen molar-refractivity contribution in [2.75, 3.05) is 26.8 Å². The third-order valence-electron chi connectivity index (χ3n) is 6.26. The maximum Gasteiger partial charge on any atom is 0.252 e. The Morgan fingerprint density at radius 3 is 2.83 bits per heavy atom. The first-order valence-corrected chi connectivity index (χ1v) is 10.7. The monoisotopic (exact) mass is 417 g/mol. The van der Waals surface area contributed by atoms with Gasteiger partial charge in [-0.25, -0.2) is 0 Å². The van der Waals surface area contributed by atoms with E-state index in [-0.39, 0.29) is 11.5 Å². The van der Waals surface area contributed by atoms with Crippen LogP contribution >= 0.6 is 0 Å². The number of nitrogens with zero attached hydrogens (tertiary/aromatic N) is 5. The van der Waals surface area contributed by atoms with Gasteiger partial charge in [-0.15, -0.1) is 0 Å². The van der Waals surface area contributed by atoms with E-state index < -0.39 is 0 Å². The third kappa shape index (κ3) is 4.73. The van der Waals surface area contributed by atoms with Gasteiger partial charge in [0.1, 0.15) is 13.2 Å². The molecule has 164 valence electrons. The molecule has 4 heterocycles. The number of hydrogen-bond donors (Lipinski definition) is 0. The van der Waals surface area contributed by atoms with Gasteiger partial charge in [-0.1, -0.05) is 5.16 Å². The van der Waals surface area contributed by atoms with Crippen molar-refractivity contribution in [3.05, 3.63) is 29.2 Å². The minimum absolute atomic E-state index is 0.126. The zero-order valence-corrected chi connectivity index (χ0v) is 18.1. The number of piperidine rings is 1. The van der Waals surface area contributed by atoms with Gasteiger partial charge in [0.2, 0.25) is 5.91 Å². The number of carbonyl (C=O) groups excluding carboxylic acids is 1. The Labute approximate surface area is 176 Å². The molecule has 2 saturated heterocycles. The molecule has 0 aliphatic carbocycles. The van der Waals surface area contributed by atoms with Gasteiger partial charge in [-0.05, 0) is 51.5 Å². The summed E-state index contributed by atoms with van der Waals surface area (Å²) in [5.41, 5.74) is 1.81. The average molecular weight is 418 g/mol. The largest absolute Gasteiger partial charge is 0.375 e. The zero-order valence-electron chi connectivity index (χ0n) is 18.1. The molecule has 0 radical (unpaired) electrons. The van der Waals surface area contributed by atoms with E-state index in [1.54, 1.807) is 11.8 Å². The molecular weight excluding hydrogens is 386 g/mol. The normalized spacial score (nSPS) is 21.3. The number of rotatable bonds is 6. The molecule has 2 aliphatic heterocycles. The molecule has 2 aromatic rings. The summed E-state index contributed by atoms with van der Waals surface area (Å²) in [5, 5.41) is 8.49. The lowest BCUT2D eigenvalue weighted by Gasteiger charge is -2.46. The lowest BCUT2D eigenvalue weighted by atomic mass is 9.78. The molecular formula is C21H31N5O4. The summed E-state index contributed by atoms with van der Waals surface area (Å²) in [6.45, 7) is 6.77. The van der Waals surface area contributed by atoms with E-state index in [0.717, 1.165) is 69.0 Å². The fourth-order valence-electron chi connectivity index (χ4n) is 4.69. The molecule has 1 spiro atoms. The molecule has 2 fully saturated rings. The molecule has 2 aromatic heterocycles. The molecule has 1 atom stereocenters. The van der Waals surface area contributed by atoms with E-state index >= 15 is 0 Å². The number of aryl methyl sites for hydroxylation is 2. The molecule has 4 rings (SSSR count). The number of ether oxygens (including phenoxy) is 2. The highest BCUT2D eigenvalue weighted by atomic mass is 16.5. The molecule has 0 bridgehead atoms.